The molecular weight excluding hydrogens is 214 g/mol. The lowest BCUT2D eigenvalue weighted by molar-refractivity contribution is 0.672. The minimum Gasteiger partial charge on any atom is -0.262 e. The molecule has 1 N–H and O–H groups in total. The van der Waals surface area contributed by atoms with Gasteiger partial charge >= 0.3 is 0 Å². The summed E-state index contributed by atoms with van der Waals surface area (Å²) >= 11 is 0. The molecule has 2 heterocycles. The molecule has 0 spiro atoms. The Hall–Kier alpha value is -1.78. The van der Waals surface area contributed by atoms with Gasteiger partial charge < -0.3 is 0 Å². The van der Waals surface area contributed by atoms with Gasteiger partial charge in [-0.15, -0.1) is 0 Å². The molecule has 2 aromatic heterocycles. The first kappa shape index (κ1) is 10.4. The van der Waals surface area contributed by atoms with Crippen LogP contribution in [-0.2, 0) is 0 Å². The van der Waals surface area contributed by atoms with E-state index in [0.717, 1.165) is 17.2 Å². The van der Waals surface area contributed by atoms with Crippen molar-refractivity contribution < 1.29 is 0 Å². The maximum absolute atomic E-state index is 4.52. The van der Waals surface area contributed by atoms with Crippen LogP contribution in [0.1, 0.15) is 43.1 Å². The fourth-order valence-electron chi connectivity index (χ4n) is 2.28. The van der Waals surface area contributed by atoms with Gasteiger partial charge in [-0.3, -0.25) is 10.1 Å². The van der Waals surface area contributed by atoms with E-state index in [1.54, 1.807) is 12.4 Å². The van der Waals surface area contributed by atoms with Crippen molar-refractivity contribution in [2.75, 3.05) is 0 Å². The van der Waals surface area contributed by atoms with Crippen LogP contribution in [0.2, 0.25) is 0 Å². The molecule has 5 heteroatoms. The molecule has 1 aliphatic carbocycles. The molecule has 2 aromatic rings. The number of hydrogen-bond donors (Lipinski definition) is 1. The van der Waals surface area contributed by atoms with E-state index < -0.39 is 0 Å². The first-order valence-electron chi connectivity index (χ1n) is 6.04. The molecular formula is C12H15N5. The van der Waals surface area contributed by atoms with Gasteiger partial charge in [-0.05, 0) is 19.8 Å². The molecule has 1 aliphatic rings. The molecule has 0 atom stereocenters. The number of H-pyrrole nitrogens is 1. The van der Waals surface area contributed by atoms with Crippen molar-refractivity contribution in [2.24, 2.45) is 0 Å². The standard InChI is InChI=1S/C12H15N5/c1-8-6-14-10(7-13-8)12-15-11(16-17-12)9-4-2-3-5-9/h6-7,9H,2-5H2,1H3,(H,15,16,17). The first-order chi connectivity index (χ1) is 8.33. The highest BCUT2D eigenvalue weighted by Crippen LogP contribution is 2.32. The van der Waals surface area contributed by atoms with E-state index in [1.165, 1.54) is 25.7 Å². The highest BCUT2D eigenvalue weighted by Gasteiger charge is 2.21. The molecule has 0 bridgehead atoms. The van der Waals surface area contributed by atoms with Crippen LogP contribution in [-0.4, -0.2) is 25.1 Å². The van der Waals surface area contributed by atoms with Crippen LogP contribution >= 0.6 is 0 Å². The fourth-order valence-corrected chi connectivity index (χ4v) is 2.28. The van der Waals surface area contributed by atoms with E-state index >= 15 is 0 Å². The topological polar surface area (TPSA) is 67.3 Å². The van der Waals surface area contributed by atoms with Crippen LogP contribution in [0.5, 0.6) is 0 Å². The van der Waals surface area contributed by atoms with E-state index in [2.05, 4.69) is 25.1 Å². The minimum atomic E-state index is 0.551. The maximum Gasteiger partial charge on any atom is 0.201 e. The predicted molar refractivity (Wildman–Crippen MR) is 63.4 cm³/mol. The van der Waals surface area contributed by atoms with Gasteiger partial charge in [0.2, 0.25) is 5.82 Å². The summed E-state index contributed by atoms with van der Waals surface area (Å²) in [7, 11) is 0. The van der Waals surface area contributed by atoms with Crippen molar-refractivity contribution in [1.29, 1.82) is 0 Å². The molecule has 0 aromatic carbocycles. The van der Waals surface area contributed by atoms with Crippen LogP contribution in [0, 0.1) is 6.92 Å². The van der Waals surface area contributed by atoms with Gasteiger partial charge in [0.05, 0.1) is 11.9 Å². The summed E-state index contributed by atoms with van der Waals surface area (Å²) in [5.74, 6) is 2.20. The monoisotopic (exact) mass is 229 g/mol. The quantitative estimate of drug-likeness (QED) is 0.857. The molecule has 88 valence electrons. The SMILES string of the molecule is Cc1cnc(-c2n[nH]c(C3CCCC3)n2)cn1. The summed E-state index contributed by atoms with van der Waals surface area (Å²) in [6, 6.07) is 0. The number of nitrogens with zero attached hydrogens (tertiary/aromatic N) is 4. The number of nitrogens with one attached hydrogen (secondary N) is 1. The fraction of sp³-hybridized carbons (Fsp3) is 0.500. The van der Waals surface area contributed by atoms with E-state index in [4.69, 9.17) is 0 Å². The lowest BCUT2D eigenvalue weighted by Gasteiger charge is -2.01. The Morgan fingerprint density at radius 3 is 2.71 bits per heavy atom. The molecule has 0 unspecified atom stereocenters. The van der Waals surface area contributed by atoms with Gasteiger partial charge in [-0.2, -0.15) is 5.10 Å². The van der Waals surface area contributed by atoms with Crippen molar-refractivity contribution in [3.05, 3.63) is 23.9 Å². The lowest BCUT2D eigenvalue weighted by atomic mass is 10.1. The van der Waals surface area contributed by atoms with Crippen LogP contribution in [0.4, 0.5) is 0 Å². The Morgan fingerprint density at radius 1 is 1.18 bits per heavy atom. The normalized spacial score (nSPS) is 16.5. The number of aryl methyl sites for hydroxylation is 1. The highest BCUT2D eigenvalue weighted by molar-refractivity contribution is 5.46. The average Bonchev–Trinajstić information content (AvgIpc) is 3.00. The average molecular weight is 229 g/mol. The summed E-state index contributed by atoms with van der Waals surface area (Å²) in [6.07, 6.45) is 8.48. The van der Waals surface area contributed by atoms with E-state index in [0.29, 0.717) is 11.7 Å². The van der Waals surface area contributed by atoms with Crippen molar-refractivity contribution in [1.82, 2.24) is 25.1 Å². The van der Waals surface area contributed by atoms with Gasteiger partial charge in [0.1, 0.15) is 11.5 Å². The number of hydrogen-bond acceptors (Lipinski definition) is 4. The van der Waals surface area contributed by atoms with Crippen LogP contribution in [0.15, 0.2) is 12.4 Å². The molecule has 0 aliphatic heterocycles. The zero-order valence-electron chi connectivity index (χ0n) is 9.85. The second-order valence-corrected chi connectivity index (χ2v) is 4.57. The van der Waals surface area contributed by atoms with Gasteiger partial charge in [0.15, 0.2) is 0 Å². The zero-order valence-corrected chi connectivity index (χ0v) is 9.85. The zero-order chi connectivity index (χ0) is 11.7. The second-order valence-electron chi connectivity index (χ2n) is 4.57. The van der Waals surface area contributed by atoms with Crippen molar-refractivity contribution in [2.45, 2.75) is 38.5 Å². The van der Waals surface area contributed by atoms with Crippen LogP contribution < -0.4 is 0 Å². The number of aromatic amines is 1. The van der Waals surface area contributed by atoms with E-state index in [-0.39, 0.29) is 0 Å². The minimum absolute atomic E-state index is 0.551. The predicted octanol–water partition coefficient (Wildman–Crippen LogP) is 2.23. The summed E-state index contributed by atoms with van der Waals surface area (Å²) in [4.78, 5) is 13.0. The molecule has 0 radical (unpaired) electrons. The Bertz CT molecular complexity index is 496. The lowest BCUT2D eigenvalue weighted by Crippen LogP contribution is -1.95. The Kier molecular flexibility index (Phi) is 2.59. The largest absolute Gasteiger partial charge is 0.262 e. The third kappa shape index (κ3) is 2.05. The first-order valence-corrected chi connectivity index (χ1v) is 6.04. The summed E-state index contributed by atoms with van der Waals surface area (Å²) in [5.41, 5.74) is 1.64. The Morgan fingerprint density at radius 2 is 2.00 bits per heavy atom. The smallest absolute Gasteiger partial charge is 0.201 e. The molecule has 0 amide bonds. The van der Waals surface area contributed by atoms with Gasteiger partial charge in [-0.25, -0.2) is 9.97 Å². The molecule has 0 saturated heterocycles. The van der Waals surface area contributed by atoms with Crippen molar-refractivity contribution in [3.63, 3.8) is 0 Å². The summed E-state index contributed by atoms with van der Waals surface area (Å²) < 4.78 is 0. The Balaban J connectivity index is 1.86. The van der Waals surface area contributed by atoms with E-state index in [1.807, 2.05) is 6.92 Å². The summed E-state index contributed by atoms with van der Waals surface area (Å²) in [5, 5.41) is 7.25. The van der Waals surface area contributed by atoms with Crippen LogP contribution in [0.25, 0.3) is 11.5 Å². The molecule has 1 fully saturated rings. The Labute approximate surface area is 99.7 Å². The summed E-state index contributed by atoms with van der Waals surface area (Å²) in [6.45, 7) is 1.92. The third-order valence-electron chi connectivity index (χ3n) is 3.25. The molecule has 3 rings (SSSR count). The maximum atomic E-state index is 4.52. The van der Waals surface area contributed by atoms with Crippen molar-refractivity contribution >= 4 is 0 Å². The van der Waals surface area contributed by atoms with Gasteiger partial charge in [-0.1, -0.05) is 12.8 Å². The molecule has 1 saturated carbocycles. The number of aromatic nitrogens is 5. The van der Waals surface area contributed by atoms with Crippen LogP contribution in [0.3, 0.4) is 0 Å². The van der Waals surface area contributed by atoms with Gasteiger partial charge in [0.25, 0.3) is 0 Å². The van der Waals surface area contributed by atoms with Crippen molar-refractivity contribution in [3.8, 4) is 11.5 Å². The van der Waals surface area contributed by atoms with E-state index in [9.17, 15) is 0 Å². The second kappa shape index (κ2) is 4.24. The highest BCUT2D eigenvalue weighted by atomic mass is 15.2. The van der Waals surface area contributed by atoms with Gasteiger partial charge in [0, 0.05) is 12.1 Å². The third-order valence-corrected chi connectivity index (χ3v) is 3.25. The molecule has 5 nitrogen and oxygen atoms in total. The molecule has 17 heavy (non-hydrogen) atoms. The number of rotatable bonds is 2.